The van der Waals surface area contributed by atoms with Crippen LogP contribution in [0.2, 0.25) is 0 Å². The van der Waals surface area contributed by atoms with Gasteiger partial charge in [0.2, 0.25) is 0 Å². The molecule has 8 heteroatoms. The SMILES string of the molecule is CCC(c1ccc(OS(C)(=O)=O)cc1)S(=O)(=O)O. The van der Waals surface area contributed by atoms with Gasteiger partial charge in [0.25, 0.3) is 10.1 Å². The third kappa shape index (κ3) is 4.28. The van der Waals surface area contributed by atoms with Crippen LogP contribution in [0.3, 0.4) is 0 Å². The maximum Gasteiger partial charge on any atom is 0.306 e. The van der Waals surface area contributed by atoms with E-state index in [9.17, 15) is 16.8 Å². The van der Waals surface area contributed by atoms with Crippen LogP contribution in [0.1, 0.15) is 24.2 Å². The largest absolute Gasteiger partial charge is 0.383 e. The molecule has 0 saturated carbocycles. The van der Waals surface area contributed by atoms with Crippen LogP contribution in [0, 0.1) is 0 Å². The lowest BCUT2D eigenvalue weighted by Crippen LogP contribution is -2.11. The van der Waals surface area contributed by atoms with Crippen molar-refractivity contribution in [2.45, 2.75) is 18.6 Å². The standard InChI is InChI=1S/C10H14O6S2/c1-3-10(18(13,14)15)8-4-6-9(7-5-8)16-17(2,11)12/h4-7,10H,3H2,1-2H3,(H,13,14,15). The van der Waals surface area contributed by atoms with Crippen molar-refractivity contribution in [1.82, 2.24) is 0 Å². The first-order valence-electron chi connectivity index (χ1n) is 5.09. The highest BCUT2D eigenvalue weighted by molar-refractivity contribution is 7.86. The fraction of sp³-hybridized carbons (Fsp3) is 0.400. The minimum absolute atomic E-state index is 0.0893. The molecule has 1 atom stereocenters. The maximum atomic E-state index is 11.1. The lowest BCUT2D eigenvalue weighted by molar-refractivity contribution is 0.466. The van der Waals surface area contributed by atoms with Gasteiger partial charge in [-0.25, -0.2) is 0 Å². The highest BCUT2D eigenvalue weighted by atomic mass is 32.2. The monoisotopic (exact) mass is 294 g/mol. The second-order valence-corrected chi connectivity index (χ2v) is 6.94. The summed E-state index contributed by atoms with van der Waals surface area (Å²) in [6.45, 7) is 1.62. The number of rotatable bonds is 5. The van der Waals surface area contributed by atoms with Gasteiger partial charge in [-0.2, -0.15) is 16.8 Å². The average Bonchev–Trinajstić information content (AvgIpc) is 2.17. The van der Waals surface area contributed by atoms with Gasteiger partial charge in [0.15, 0.2) is 0 Å². The molecule has 1 N–H and O–H groups in total. The van der Waals surface area contributed by atoms with Crippen molar-refractivity contribution in [3.8, 4) is 5.75 Å². The molecule has 6 nitrogen and oxygen atoms in total. The van der Waals surface area contributed by atoms with E-state index >= 15 is 0 Å². The van der Waals surface area contributed by atoms with E-state index in [0.29, 0.717) is 5.56 Å². The lowest BCUT2D eigenvalue weighted by atomic mass is 10.1. The predicted molar refractivity (Wildman–Crippen MR) is 66.5 cm³/mol. The van der Waals surface area contributed by atoms with Crippen molar-refractivity contribution in [3.63, 3.8) is 0 Å². The zero-order valence-electron chi connectivity index (χ0n) is 9.90. The number of hydrogen-bond acceptors (Lipinski definition) is 5. The molecule has 1 unspecified atom stereocenters. The first-order chi connectivity index (χ1) is 8.13. The highest BCUT2D eigenvalue weighted by Gasteiger charge is 2.22. The summed E-state index contributed by atoms with van der Waals surface area (Å²) in [7, 11) is -7.79. The quantitative estimate of drug-likeness (QED) is 0.650. The molecule has 0 bridgehead atoms. The molecule has 0 amide bonds. The van der Waals surface area contributed by atoms with Gasteiger partial charge in [-0.1, -0.05) is 19.1 Å². The van der Waals surface area contributed by atoms with Crippen LogP contribution < -0.4 is 4.18 Å². The Morgan fingerprint density at radius 2 is 1.67 bits per heavy atom. The molecule has 1 rings (SSSR count). The van der Waals surface area contributed by atoms with Crippen LogP contribution in [0.5, 0.6) is 5.75 Å². The summed E-state index contributed by atoms with van der Waals surface area (Å²) in [6, 6.07) is 5.49. The summed E-state index contributed by atoms with van der Waals surface area (Å²) >= 11 is 0. The van der Waals surface area contributed by atoms with E-state index in [4.69, 9.17) is 4.55 Å². The van der Waals surface area contributed by atoms with Gasteiger partial charge in [0.05, 0.1) is 6.26 Å². The Labute approximate surface area is 106 Å². The first-order valence-corrected chi connectivity index (χ1v) is 8.41. The third-order valence-electron chi connectivity index (χ3n) is 2.23. The Kier molecular flexibility index (Phi) is 4.36. The first kappa shape index (κ1) is 14.9. The van der Waals surface area contributed by atoms with Crippen LogP contribution in [-0.4, -0.2) is 27.6 Å². The van der Waals surface area contributed by atoms with Gasteiger partial charge < -0.3 is 4.18 Å². The minimum Gasteiger partial charge on any atom is -0.383 e. The van der Waals surface area contributed by atoms with Gasteiger partial charge in [0, 0.05) is 0 Å². The second kappa shape index (κ2) is 5.25. The van der Waals surface area contributed by atoms with E-state index in [1.165, 1.54) is 24.3 Å². The molecule has 102 valence electrons. The Balaban J connectivity index is 3.02. The summed E-state index contributed by atoms with van der Waals surface area (Å²) in [5.74, 6) is 0.0893. The normalized spacial score (nSPS) is 14.2. The topological polar surface area (TPSA) is 97.7 Å². The van der Waals surface area contributed by atoms with Gasteiger partial charge in [0.1, 0.15) is 11.0 Å². The maximum absolute atomic E-state index is 11.1. The van der Waals surface area contributed by atoms with Crippen LogP contribution >= 0.6 is 0 Å². The molecule has 1 aromatic carbocycles. The van der Waals surface area contributed by atoms with Crippen LogP contribution in [0.4, 0.5) is 0 Å². The summed E-state index contributed by atoms with van der Waals surface area (Å²) < 4.78 is 57.6. The van der Waals surface area contributed by atoms with E-state index in [2.05, 4.69) is 4.18 Å². The van der Waals surface area contributed by atoms with Gasteiger partial charge in [-0.05, 0) is 24.1 Å². The smallest absolute Gasteiger partial charge is 0.306 e. The Bertz CT molecular complexity index is 600. The van der Waals surface area contributed by atoms with E-state index in [-0.39, 0.29) is 12.2 Å². The molecular weight excluding hydrogens is 280 g/mol. The van der Waals surface area contributed by atoms with Crippen molar-refractivity contribution in [2.75, 3.05) is 6.26 Å². The van der Waals surface area contributed by atoms with Crippen LogP contribution in [0.25, 0.3) is 0 Å². The molecule has 0 aliphatic rings. The van der Waals surface area contributed by atoms with Crippen molar-refractivity contribution in [3.05, 3.63) is 29.8 Å². The zero-order valence-corrected chi connectivity index (χ0v) is 11.5. The fourth-order valence-electron chi connectivity index (χ4n) is 1.53. The van der Waals surface area contributed by atoms with Crippen molar-refractivity contribution in [2.24, 2.45) is 0 Å². The average molecular weight is 294 g/mol. The summed E-state index contributed by atoms with van der Waals surface area (Å²) in [4.78, 5) is 0. The molecule has 0 radical (unpaired) electrons. The van der Waals surface area contributed by atoms with E-state index in [0.717, 1.165) is 6.26 Å². The van der Waals surface area contributed by atoms with Crippen LogP contribution in [0.15, 0.2) is 24.3 Å². The number of hydrogen-bond donors (Lipinski definition) is 1. The summed E-state index contributed by atoms with van der Waals surface area (Å²) in [5.41, 5.74) is 0.376. The Morgan fingerprint density at radius 1 is 1.17 bits per heavy atom. The zero-order chi connectivity index (χ0) is 14.0. The number of benzene rings is 1. The molecular formula is C10H14O6S2. The summed E-state index contributed by atoms with van der Waals surface area (Å²) in [5, 5.41) is -1.02. The van der Waals surface area contributed by atoms with Crippen molar-refractivity contribution in [1.29, 1.82) is 0 Å². The molecule has 0 fully saturated rings. The Hall–Kier alpha value is -1.12. The molecule has 0 aliphatic carbocycles. The van der Waals surface area contributed by atoms with Gasteiger partial charge in [-0.3, -0.25) is 4.55 Å². The minimum atomic E-state index is -4.18. The third-order valence-corrected chi connectivity index (χ3v) is 4.05. The van der Waals surface area contributed by atoms with Crippen LogP contribution in [-0.2, 0) is 20.2 Å². The van der Waals surface area contributed by atoms with E-state index in [1.807, 2.05) is 0 Å². The predicted octanol–water partition coefficient (Wildman–Crippen LogP) is 1.36. The van der Waals surface area contributed by atoms with Crippen molar-refractivity contribution < 1.29 is 25.6 Å². The van der Waals surface area contributed by atoms with E-state index in [1.54, 1.807) is 6.92 Å². The van der Waals surface area contributed by atoms with E-state index < -0.39 is 25.5 Å². The van der Waals surface area contributed by atoms with Gasteiger partial charge in [-0.15, -0.1) is 0 Å². The molecule has 0 heterocycles. The molecule has 0 spiro atoms. The van der Waals surface area contributed by atoms with Gasteiger partial charge >= 0.3 is 10.1 Å². The second-order valence-electron chi connectivity index (χ2n) is 3.77. The molecule has 0 aliphatic heterocycles. The fourth-order valence-corrected chi connectivity index (χ4v) is 2.91. The molecule has 0 saturated heterocycles. The highest BCUT2D eigenvalue weighted by Crippen LogP contribution is 2.26. The lowest BCUT2D eigenvalue weighted by Gasteiger charge is -2.12. The Morgan fingerprint density at radius 3 is 2.00 bits per heavy atom. The molecule has 18 heavy (non-hydrogen) atoms. The molecule has 1 aromatic rings. The molecule has 0 aromatic heterocycles. The summed E-state index contributed by atoms with van der Waals surface area (Å²) in [6.07, 6.45) is 1.12. The van der Waals surface area contributed by atoms with Crippen molar-refractivity contribution >= 4 is 20.2 Å².